The van der Waals surface area contributed by atoms with Gasteiger partial charge in [-0.25, -0.2) is 4.98 Å². The van der Waals surface area contributed by atoms with Crippen LogP contribution < -0.4 is 20.3 Å². The van der Waals surface area contributed by atoms with Crippen molar-refractivity contribution in [3.63, 3.8) is 0 Å². The number of furan rings is 1. The molecule has 3 heterocycles. The fourth-order valence-electron chi connectivity index (χ4n) is 3.43. The van der Waals surface area contributed by atoms with Gasteiger partial charge in [0.2, 0.25) is 5.82 Å². The van der Waals surface area contributed by atoms with E-state index in [1.165, 1.54) is 0 Å². The number of nitrogens with zero attached hydrogens (tertiary/aromatic N) is 4. The first kappa shape index (κ1) is 18.9. The maximum atomic E-state index is 5.49. The van der Waals surface area contributed by atoms with Gasteiger partial charge in [0.15, 0.2) is 11.7 Å². The number of methoxy groups -OCH3 is 1. The molecular formula is C20H25N7O2. The largest absolute Gasteiger partial charge is 0.495 e. The summed E-state index contributed by atoms with van der Waals surface area (Å²) in [6.07, 6.45) is 2.62. The van der Waals surface area contributed by atoms with Crippen LogP contribution in [0.3, 0.4) is 0 Å². The summed E-state index contributed by atoms with van der Waals surface area (Å²) in [7, 11) is 3.47. The first-order valence-electron chi connectivity index (χ1n) is 9.57. The molecule has 9 nitrogen and oxygen atoms in total. The van der Waals surface area contributed by atoms with Gasteiger partial charge in [-0.1, -0.05) is 12.1 Å². The SMILES string of the molecule is CN=C(NCc1nc(-c2ccco2)n[nH]1)NC1CCN(c2ccccc2OC)C1. The van der Waals surface area contributed by atoms with Crippen molar-refractivity contribution < 1.29 is 9.15 Å². The Balaban J connectivity index is 1.31. The monoisotopic (exact) mass is 395 g/mol. The molecule has 1 aliphatic heterocycles. The molecule has 2 aromatic heterocycles. The predicted molar refractivity (Wildman–Crippen MR) is 111 cm³/mol. The number of H-pyrrole nitrogens is 1. The maximum absolute atomic E-state index is 5.49. The van der Waals surface area contributed by atoms with E-state index in [0.29, 0.717) is 30.0 Å². The summed E-state index contributed by atoms with van der Waals surface area (Å²) in [6, 6.07) is 12.0. The number of aliphatic imine (C=N–C) groups is 1. The lowest BCUT2D eigenvalue weighted by molar-refractivity contribution is 0.415. The molecule has 1 fully saturated rings. The van der Waals surface area contributed by atoms with Gasteiger partial charge in [-0.3, -0.25) is 10.1 Å². The molecule has 1 aromatic carbocycles. The number of benzene rings is 1. The number of anilines is 1. The quantitative estimate of drug-likeness (QED) is 0.433. The van der Waals surface area contributed by atoms with E-state index in [-0.39, 0.29) is 0 Å². The van der Waals surface area contributed by atoms with E-state index in [4.69, 9.17) is 9.15 Å². The van der Waals surface area contributed by atoms with Crippen molar-refractivity contribution in [2.75, 3.05) is 32.1 Å². The minimum absolute atomic E-state index is 0.291. The van der Waals surface area contributed by atoms with Gasteiger partial charge in [0.05, 0.1) is 25.6 Å². The van der Waals surface area contributed by atoms with Crippen LogP contribution in [0.15, 0.2) is 52.1 Å². The average molecular weight is 395 g/mol. The zero-order valence-electron chi connectivity index (χ0n) is 16.6. The Morgan fingerprint density at radius 1 is 1.34 bits per heavy atom. The number of aromatic amines is 1. The second-order valence-electron chi connectivity index (χ2n) is 6.76. The third kappa shape index (κ3) is 4.34. The van der Waals surface area contributed by atoms with Crippen LogP contribution in [0.1, 0.15) is 12.2 Å². The summed E-state index contributed by atoms with van der Waals surface area (Å²) >= 11 is 0. The fraction of sp³-hybridized carbons (Fsp3) is 0.350. The van der Waals surface area contributed by atoms with Crippen molar-refractivity contribution in [1.29, 1.82) is 0 Å². The Bertz CT molecular complexity index is 951. The molecule has 3 aromatic rings. The van der Waals surface area contributed by atoms with Crippen LogP contribution in [0.5, 0.6) is 5.75 Å². The van der Waals surface area contributed by atoms with Crippen LogP contribution in [-0.2, 0) is 6.54 Å². The van der Waals surface area contributed by atoms with E-state index in [2.05, 4.69) is 41.8 Å². The Morgan fingerprint density at radius 3 is 3.03 bits per heavy atom. The van der Waals surface area contributed by atoms with E-state index < -0.39 is 0 Å². The molecule has 0 saturated carbocycles. The van der Waals surface area contributed by atoms with Crippen molar-refractivity contribution >= 4 is 11.6 Å². The first-order valence-corrected chi connectivity index (χ1v) is 9.57. The minimum Gasteiger partial charge on any atom is -0.495 e. The van der Waals surface area contributed by atoms with Crippen LogP contribution in [0.4, 0.5) is 5.69 Å². The number of aromatic nitrogens is 3. The second kappa shape index (κ2) is 8.68. The third-order valence-corrected chi connectivity index (χ3v) is 4.88. The van der Waals surface area contributed by atoms with Crippen molar-refractivity contribution in [2.45, 2.75) is 19.0 Å². The summed E-state index contributed by atoms with van der Waals surface area (Å²) in [5.74, 6) is 3.51. The molecule has 0 radical (unpaired) electrons. The van der Waals surface area contributed by atoms with Gasteiger partial charge in [0, 0.05) is 26.2 Å². The molecule has 1 atom stereocenters. The Kier molecular flexibility index (Phi) is 5.64. The van der Waals surface area contributed by atoms with E-state index >= 15 is 0 Å². The number of hydrogen-bond acceptors (Lipinski definition) is 6. The summed E-state index contributed by atoms with van der Waals surface area (Å²) in [5.41, 5.74) is 1.12. The Labute approximate surface area is 169 Å². The third-order valence-electron chi connectivity index (χ3n) is 4.88. The second-order valence-corrected chi connectivity index (χ2v) is 6.76. The molecule has 0 bridgehead atoms. The van der Waals surface area contributed by atoms with E-state index in [0.717, 1.165) is 36.9 Å². The average Bonchev–Trinajstić information content (AvgIpc) is 3.52. The standard InChI is InChI=1S/C20H25N7O2/c1-21-20(22-12-18-24-19(26-25-18)17-8-5-11-29-17)23-14-9-10-27(13-14)15-6-3-4-7-16(15)28-2/h3-8,11,14H,9-10,12-13H2,1-2H3,(H2,21,22,23)(H,24,25,26). The summed E-state index contributed by atoms with van der Waals surface area (Å²) in [5, 5.41) is 13.9. The van der Waals surface area contributed by atoms with Crippen LogP contribution in [0.2, 0.25) is 0 Å². The lowest BCUT2D eigenvalue weighted by Crippen LogP contribution is -2.44. The lowest BCUT2D eigenvalue weighted by atomic mass is 10.2. The fourth-order valence-corrected chi connectivity index (χ4v) is 3.43. The number of guanidine groups is 1. The Morgan fingerprint density at radius 2 is 2.24 bits per heavy atom. The van der Waals surface area contributed by atoms with Gasteiger partial charge in [-0.2, -0.15) is 0 Å². The van der Waals surface area contributed by atoms with Crippen LogP contribution in [-0.4, -0.2) is 54.4 Å². The zero-order valence-corrected chi connectivity index (χ0v) is 16.6. The molecule has 1 saturated heterocycles. The van der Waals surface area contributed by atoms with Crippen molar-refractivity contribution in [1.82, 2.24) is 25.8 Å². The summed E-state index contributed by atoms with van der Waals surface area (Å²) < 4.78 is 10.8. The number of hydrogen-bond donors (Lipinski definition) is 3. The molecule has 1 unspecified atom stereocenters. The highest BCUT2D eigenvalue weighted by atomic mass is 16.5. The molecule has 152 valence electrons. The molecule has 1 aliphatic rings. The molecule has 29 heavy (non-hydrogen) atoms. The van der Waals surface area contributed by atoms with Gasteiger partial charge in [-0.15, -0.1) is 5.10 Å². The van der Waals surface area contributed by atoms with E-state index in [9.17, 15) is 0 Å². The van der Waals surface area contributed by atoms with E-state index in [1.807, 2.05) is 30.3 Å². The predicted octanol–water partition coefficient (Wildman–Crippen LogP) is 2.02. The normalized spacial score (nSPS) is 16.8. The molecule has 4 rings (SSSR count). The highest BCUT2D eigenvalue weighted by molar-refractivity contribution is 5.80. The minimum atomic E-state index is 0.291. The van der Waals surface area contributed by atoms with Crippen LogP contribution in [0, 0.1) is 0 Å². The molecule has 0 amide bonds. The van der Waals surface area contributed by atoms with Gasteiger partial charge in [-0.05, 0) is 30.7 Å². The highest BCUT2D eigenvalue weighted by Gasteiger charge is 2.25. The lowest BCUT2D eigenvalue weighted by Gasteiger charge is -2.22. The summed E-state index contributed by atoms with van der Waals surface area (Å²) in [4.78, 5) is 11.1. The number of ether oxygens (including phenoxy) is 1. The topological polar surface area (TPSA) is 104 Å². The molecule has 0 spiro atoms. The van der Waals surface area contributed by atoms with Crippen molar-refractivity contribution in [3.05, 3.63) is 48.5 Å². The molecule has 3 N–H and O–H groups in total. The van der Waals surface area contributed by atoms with Gasteiger partial charge in [0.25, 0.3) is 0 Å². The number of para-hydroxylation sites is 2. The first-order chi connectivity index (χ1) is 14.3. The Hall–Kier alpha value is -3.49. The summed E-state index contributed by atoms with van der Waals surface area (Å²) in [6.45, 7) is 2.33. The van der Waals surface area contributed by atoms with Crippen LogP contribution in [0.25, 0.3) is 11.6 Å². The van der Waals surface area contributed by atoms with Gasteiger partial charge < -0.3 is 24.7 Å². The van der Waals surface area contributed by atoms with Crippen molar-refractivity contribution in [2.24, 2.45) is 4.99 Å². The highest BCUT2D eigenvalue weighted by Crippen LogP contribution is 2.30. The molecule has 0 aliphatic carbocycles. The van der Waals surface area contributed by atoms with E-state index in [1.54, 1.807) is 20.4 Å². The smallest absolute Gasteiger partial charge is 0.216 e. The maximum Gasteiger partial charge on any atom is 0.216 e. The van der Waals surface area contributed by atoms with Gasteiger partial charge >= 0.3 is 0 Å². The van der Waals surface area contributed by atoms with Crippen molar-refractivity contribution in [3.8, 4) is 17.3 Å². The molecule has 9 heteroatoms. The molecular weight excluding hydrogens is 370 g/mol. The zero-order chi connectivity index (χ0) is 20.1. The number of rotatable bonds is 6. The number of nitrogens with one attached hydrogen (secondary N) is 3. The van der Waals surface area contributed by atoms with Crippen LogP contribution >= 0.6 is 0 Å². The van der Waals surface area contributed by atoms with Gasteiger partial charge in [0.1, 0.15) is 11.6 Å².